The quantitative estimate of drug-likeness (QED) is 0.812. The van der Waals surface area contributed by atoms with Crippen LogP contribution in [-0.2, 0) is 14.8 Å². The first kappa shape index (κ1) is 15.5. The standard InChI is InChI=1S/C11H14FNO5S/c1-7(14)10(11(15)16)13(2)19(17,18)9-5-3-8(12)4-6-9/h3-7,10,14H,1-2H3,(H,15,16). The fraction of sp³-hybridized carbons (Fsp3) is 0.364. The van der Waals surface area contributed by atoms with E-state index in [1.54, 1.807) is 0 Å². The molecule has 19 heavy (non-hydrogen) atoms. The van der Waals surface area contributed by atoms with Gasteiger partial charge in [0.25, 0.3) is 0 Å². The summed E-state index contributed by atoms with van der Waals surface area (Å²) < 4.78 is 37.5. The summed E-state index contributed by atoms with van der Waals surface area (Å²) in [5.74, 6) is -2.07. The highest BCUT2D eigenvalue weighted by Gasteiger charge is 2.36. The predicted octanol–water partition coefficient (Wildman–Crippen LogP) is 0.280. The van der Waals surface area contributed by atoms with E-state index in [2.05, 4.69) is 0 Å². The van der Waals surface area contributed by atoms with E-state index in [4.69, 9.17) is 5.11 Å². The van der Waals surface area contributed by atoms with Gasteiger partial charge in [-0.2, -0.15) is 4.31 Å². The van der Waals surface area contributed by atoms with Gasteiger partial charge in [-0.3, -0.25) is 4.79 Å². The first-order valence-corrected chi connectivity index (χ1v) is 6.76. The van der Waals surface area contributed by atoms with Gasteiger partial charge in [0.15, 0.2) is 0 Å². The van der Waals surface area contributed by atoms with Crippen LogP contribution in [-0.4, -0.2) is 48.1 Å². The van der Waals surface area contributed by atoms with Crippen molar-refractivity contribution in [1.29, 1.82) is 0 Å². The third kappa shape index (κ3) is 3.28. The molecule has 106 valence electrons. The summed E-state index contributed by atoms with van der Waals surface area (Å²) in [6.07, 6.45) is -1.39. The van der Waals surface area contributed by atoms with Crippen LogP contribution in [0.5, 0.6) is 0 Å². The van der Waals surface area contributed by atoms with Crippen LogP contribution in [0.2, 0.25) is 0 Å². The van der Waals surface area contributed by atoms with Crippen molar-refractivity contribution in [3.8, 4) is 0 Å². The van der Waals surface area contributed by atoms with Crippen molar-refractivity contribution in [2.75, 3.05) is 7.05 Å². The van der Waals surface area contributed by atoms with Gasteiger partial charge in [-0.15, -0.1) is 0 Å². The molecule has 2 unspecified atom stereocenters. The van der Waals surface area contributed by atoms with Gasteiger partial charge < -0.3 is 10.2 Å². The number of aliphatic hydroxyl groups is 1. The van der Waals surface area contributed by atoms with Gasteiger partial charge in [-0.05, 0) is 31.2 Å². The molecule has 0 saturated heterocycles. The third-order valence-corrected chi connectivity index (χ3v) is 4.45. The number of aliphatic hydroxyl groups excluding tert-OH is 1. The van der Waals surface area contributed by atoms with Crippen molar-refractivity contribution >= 4 is 16.0 Å². The highest BCUT2D eigenvalue weighted by atomic mass is 32.2. The molecule has 1 aromatic carbocycles. The molecule has 1 aromatic rings. The van der Waals surface area contributed by atoms with Gasteiger partial charge in [-0.1, -0.05) is 0 Å². The molecular weight excluding hydrogens is 277 g/mol. The third-order valence-electron chi connectivity index (χ3n) is 2.59. The molecule has 2 N–H and O–H groups in total. The van der Waals surface area contributed by atoms with E-state index >= 15 is 0 Å². The van der Waals surface area contributed by atoms with Crippen molar-refractivity contribution in [1.82, 2.24) is 4.31 Å². The maximum absolute atomic E-state index is 12.7. The molecule has 2 atom stereocenters. The van der Waals surface area contributed by atoms with E-state index in [1.807, 2.05) is 0 Å². The molecule has 0 spiro atoms. The Kier molecular flexibility index (Phi) is 4.61. The predicted molar refractivity (Wildman–Crippen MR) is 64.5 cm³/mol. The first-order chi connectivity index (χ1) is 8.67. The molecule has 0 heterocycles. The molecule has 0 fully saturated rings. The Morgan fingerprint density at radius 1 is 1.32 bits per heavy atom. The number of hydrogen-bond acceptors (Lipinski definition) is 4. The molecule has 0 aromatic heterocycles. The second-order valence-electron chi connectivity index (χ2n) is 4.00. The topological polar surface area (TPSA) is 94.9 Å². The number of hydrogen-bond donors (Lipinski definition) is 2. The molecule has 0 saturated carbocycles. The molecule has 0 aliphatic carbocycles. The summed E-state index contributed by atoms with van der Waals surface area (Å²) in [6.45, 7) is 1.18. The minimum Gasteiger partial charge on any atom is -0.480 e. The highest BCUT2D eigenvalue weighted by Crippen LogP contribution is 2.18. The van der Waals surface area contributed by atoms with Crippen LogP contribution in [0, 0.1) is 5.82 Å². The van der Waals surface area contributed by atoms with Gasteiger partial charge in [0.05, 0.1) is 11.0 Å². The molecule has 8 heteroatoms. The van der Waals surface area contributed by atoms with E-state index in [9.17, 15) is 22.7 Å². The summed E-state index contributed by atoms with van der Waals surface area (Å²) >= 11 is 0. The van der Waals surface area contributed by atoms with Crippen LogP contribution >= 0.6 is 0 Å². The van der Waals surface area contributed by atoms with E-state index in [-0.39, 0.29) is 4.90 Å². The van der Waals surface area contributed by atoms with Crippen LogP contribution in [0.15, 0.2) is 29.2 Å². The number of carboxylic acids is 1. The van der Waals surface area contributed by atoms with E-state index in [1.165, 1.54) is 6.92 Å². The second kappa shape index (κ2) is 5.64. The van der Waals surface area contributed by atoms with Gasteiger partial charge in [-0.25, -0.2) is 12.8 Å². The molecule has 0 aliphatic heterocycles. The average Bonchev–Trinajstić information content (AvgIpc) is 2.28. The molecule has 0 amide bonds. The van der Waals surface area contributed by atoms with Crippen molar-refractivity contribution in [3.05, 3.63) is 30.1 Å². The zero-order valence-electron chi connectivity index (χ0n) is 10.3. The SMILES string of the molecule is CC(O)C(C(=O)O)N(C)S(=O)(=O)c1ccc(F)cc1. The van der Waals surface area contributed by atoms with Gasteiger partial charge in [0.1, 0.15) is 11.9 Å². The molecule has 0 bridgehead atoms. The van der Waals surface area contributed by atoms with Crippen LogP contribution in [0.25, 0.3) is 0 Å². The Hall–Kier alpha value is -1.51. The number of carboxylic acid groups (broad SMARTS) is 1. The van der Waals surface area contributed by atoms with Crippen molar-refractivity contribution in [3.63, 3.8) is 0 Å². The summed E-state index contributed by atoms with van der Waals surface area (Å²) in [5, 5.41) is 18.3. The second-order valence-corrected chi connectivity index (χ2v) is 6.00. The fourth-order valence-electron chi connectivity index (χ4n) is 1.59. The van der Waals surface area contributed by atoms with Gasteiger partial charge in [0.2, 0.25) is 10.0 Å². The van der Waals surface area contributed by atoms with E-state index in [0.29, 0.717) is 4.31 Å². The summed E-state index contributed by atoms with van der Waals surface area (Å²) in [7, 11) is -3.07. The Morgan fingerprint density at radius 3 is 2.16 bits per heavy atom. The van der Waals surface area contributed by atoms with E-state index < -0.39 is 34.0 Å². The number of aliphatic carboxylic acids is 1. The Labute approximate surface area is 110 Å². The number of sulfonamides is 1. The lowest BCUT2D eigenvalue weighted by Gasteiger charge is -2.26. The minimum atomic E-state index is -4.12. The van der Waals surface area contributed by atoms with Gasteiger partial charge in [0, 0.05) is 7.05 Å². The van der Waals surface area contributed by atoms with E-state index in [0.717, 1.165) is 31.3 Å². The maximum Gasteiger partial charge on any atom is 0.324 e. The van der Waals surface area contributed by atoms with Crippen LogP contribution in [0.3, 0.4) is 0 Å². The first-order valence-electron chi connectivity index (χ1n) is 5.32. The van der Waals surface area contributed by atoms with Crippen LogP contribution < -0.4 is 0 Å². The number of benzene rings is 1. The number of carbonyl (C=O) groups is 1. The smallest absolute Gasteiger partial charge is 0.324 e. The minimum absolute atomic E-state index is 0.247. The highest BCUT2D eigenvalue weighted by molar-refractivity contribution is 7.89. The Morgan fingerprint density at radius 2 is 1.79 bits per heavy atom. The summed E-state index contributed by atoms with van der Waals surface area (Å²) in [4.78, 5) is 10.7. The maximum atomic E-state index is 12.7. The molecule has 1 rings (SSSR count). The largest absolute Gasteiger partial charge is 0.480 e. The van der Waals surface area contributed by atoms with Crippen molar-refractivity contribution in [2.45, 2.75) is 24.0 Å². The molecule has 6 nitrogen and oxygen atoms in total. The van der Waals surface area contributed by atoms with Crippen LogP contribution in [0.1, 0.15) is 6.92 Å². The number of rotatable bonds is 5. The Balaban J connectivity index is 3.19. The molecule has 0 aliphatic rings. The number of halogens is 1. The monoisotopic (exact) mass is 291 g/mol. The lowest BCUT2D eigenvalue weighted by Crippen LogP contribution is -2.48. The molecule has 0 radical (unpaired) electrons. The summed E-state index contributed by atoms with van der Waals surface area (Å²) in [6, 6.07) is 2.36. The average molecular weight is 291 g/mol. The lowest BCUT2D eigenvalue weighted by molar-refractivity contribution is -0.144. The summed E-state index contributed by atoms with van der Waals surface area (Å²) in [5.41, 5.74) is 0. The normalized spacial score (nSPS) is 15.2. The van der Waals surface area contributed by atoms with Crippen molar-refractivity contribution in [2.24, 2.45) is 0 Å². The molecular formula is C11H14FNO5S. The van der Waals surface area contributed by atoms with Crippen molar-refractivity contribution < 1.29 is 27.8 Å². The zero-order chi connectivity index (χ0) is 14.8. The van der Waals surface area contributed by atoms with Gasteiger partial charge >= 0.3 is 5.97 Å². The lowest BCUT2D eigenvalue weighted by atomic mass is 10.2. The number of nitrogens with zero attached hydrogens (tertiary/aromatic N) is 1. The Bertz CT molecular complexity index is 555. The zero-order valence-corrected chi connectivity index (χ0v) is 11.1. The number of likely N-dealkylation sites (N-methyl/N-ethyl adjacent to an activating group) is 1. The van der Waals surface area contributed by atoms with Crippen LogP contribution in [0.4, 0.5) is 4.39 Å². The fourth-order valence-corrected chi connectivity index (χ4v) is 2.97.